The Labute approximate surface area is 198 Å². The minimum atomic E-state index is -0.423. The van der Waals surface area contributed by atoms with Gasteiger partial charge in [-0.3, -0.25) is 4.79 Å². The van der Waals surface area contributed by atoms with E-state index in [1.54, 1.807) is 29.1 Å². The highest BCUT2D eigenvalue weighted by atomic mass is 127. The normalized spacial score (nSPS) is 16.7. The number of rotatable bonds is 4. The lowest BCUT2D eigenvalue weighted by Crippen LogP contribution is -2.17. The number of carbonyl (C=O) groups is 2. The number of hydrogen-bond donors (Lipinski definition) is 1. The summed E-state index contributed by atoms with van der Waals surface area (Å²) in [5, 5.41) is 5.48. The molecular weight excluding hydrogens is 525 g/mol. The minimum Gasteiger partial charge on any atom is -0.493 e. The molecule has 2 heterocycles. The molecule has 5 rings (SSSR count). The molecule has 1 aliphatic carbocycles. The van der Waals surface area contributed by atoms with Crippen molar-refractivity contribution in [2.45, 2.75) is 31.6 Å². The van der Waals surface area contributed by atoms with E-state index in [0.29, 0.717) is 22.7 Å². The van der Waals surface area contributed by atoms with E-state index in [1.165, 1.54) is 22.5 Å². The van der Waals surface area contributed by atoms with Gasteiger partial charge in [0.05, 0.1) is 12.2 Å². The molecule has 1 N–H and O–H groups in total. The summed E-state index contributed by atoms with van der Waals surface area (Å²) in [6.07, 6.45) is 3.63. The van der Waals surface area contributed by atoms with E-state index in [4.69, 9.17) is 7.80 Å². The SMILES string of the molecule is O=C(Nc1scc(C2CCc3ccccc3C2)c1C(=O)OI)c1ccc2c(c1)CCO2. The molecule has 0 saturated carbocycles. The first-order valence-electron chi connectivity index (χ1n) is 10.2. The molecule has 1 amide bonds. The van der Waals surface area contributed by atoms with Crippen LogP contribution in [0.3, 0.4) is 0 Å². The van der Waals surface area contributed by atoms with E-state index in [-0.39, 0.29) is 11.8 Å². The summed E-state index contributed by atoms with van der Waals surface area (Å²) < 4.78 is 10.6. The lowest BCUT2D eigenvalue weighted by atomic mass is 9.80. The van der Waals surface area contributed by atoms with Crippen LogP contribution in [0.25, 0.3) is 0 Å². The molecule has 0 fully saturated rings. The van der Waals surface area contributed by atoms with E-state index in [9.17, 15) is 9.59 Å². The summed E-state index contributed by atoms with van der Waals surface area (Å²) in [5.41, 5.74) is 5.72. The van der Waals surface area contributed by atoms with Crippen LogP contribution >= 0.6 is 34.3 Å². The zero-order valence-electron chi connectivity index (χ0n) is 16.7. The molecular formula is C24H20INO4S. The van der Waals surface area contributed by atoms with Crippen LogP contribution in [-0.2, 0) is 22.3 Å². The Bertz CT molecular complexity index is 1170. The summed E-state index contributed by atoms with van der Waals surface area (Å²) in [7, 11) is 0. The number of halogens is 1. The smallest absolute Gasteiger partial charge is 0.350 e. The fraction of sp³-hybridized carbons (Fsp3) is 0.250. The van der Waals surface area contributed by atoms with Gasteiger partial charge in [-0.1, -0.05) is 24.3 Å². The van der Waals surface area contributed by atoms with Crippen LogP contribution in [0, 0.1) is 0 Å². The van der Waals surface area contributed by atoms with Crippen LogP contribution in [-0.4, -0.2) is 18.5 Å². The molecule has 0 radical (unpaired) electrons. The first-order valence-corrected chi connectivity index (χ1v) is 12.0. The minimum absolute atomic E-state index is 0.222. The topological polar surface area (TPSA) is 64.6 Å². The third kappa shape index (κ3) is 3.96. The van der Waals surface area contributed by atoms with Gasteiger partial charge in [-0.2, -0.15) is 0 Å². The summed E-state index contributed by atoms with van der Waals surface area (Å²) in [6.45, 7) is 0.644. The van der Waals surface area contributed by atoms with E-state index in [0.717, 1.165) is 42.6 Å². The van der Waals surface area contributed by atoms with Gasteiger partial charge in [-0.05, 0) is 71.0 Å². The predicted molar refractivity (Wildman–Crippen MR) is 129 cm³/mol. The van der Waals surface area contributed by atoms with Crippen molar-refractivity contribution in [1.29, 1.82) is 0 Å². The molecule has 2 aromatic carbocycles. The Morgan fingerprint density at radius 2 is 1.94 bits per heavy atom. The van der Waals surface area contributed by atoms with Gasteiger partial charge in [-0.25, -0.2) is 4.79 Å². The van der Waals surface area contributed by atoms with Gasteiger partial charge in [-0.15, -0.1) is 11.3 Å². The molecule has 31 heavy (non-hydrogen) atoms. The van der Waals surface area contributed by atoms with Crippen LogP contribution in [0.15, 0.2) is 47.8 Å². The van der Waals surface area contributed by atoms with Crippen molar-refractivity contribution < 1.29 is 17.4 Å². The fourth-order valence-electron chi connectivity index (χ4n) is 4.48. The number of amides is 1. The van der Waals surface area contributed by atoms with E-state index >= 15 is 0 Å². The molecule has 3 aromatic rings. The van der Waals surface area contributed by atoms with Crippen molar-refractivity contribution in [2.75, 3.05) is 11.9 Å². The van der Waals surface area contributed by atoms with Crippen LogP contribution < -0.4 is 10.1 Å². The number of hydrogen-bond acceptors (Lipinski definition) is 5. The molecule has 0 saturated heterocycles. The molecule has 2 aliphatic rings. The van der Waals surface area contributed by atoms with Crippen molar-refractivity contribution in [2.24, 2.45) is 0 Å². The van der Waals surface area contributed by atoms with Crippen molar-refractivity contribution in [3.05, 3.63) is 81.2 Å². The zero-order valence-corrected chi connectivity index (χ0v) is 19.6. The molecule has 0 spiro atoms. The number of carbonyl (C=O) groups excluding carboxylic acids is 2. The van der Waals surface area contributed by atoms with E-state index in [1.807, 2.05) is 17.5 Å². The Balaban J connectivity index is 1.43. The monoisotopic (exact) mass is 545 g/mol. The first kappa shape index (κ1) is 20.5. The van der Waals surface area contributed by atoms with Gasteiger partial charge in [0, 0.05) is 12.0 Å². The highest BCUT2D eigenvalue weighted by molar-refractivity contribution is 14.1. The van der Waals surface area contributed by atoms with Crippen LogP contribution in [0.2, 0.25) is 0 Å². The van der Waals surface area contributed by atoms with Crippen molar-refractivity contribution >= 4 is 51.2 Å². The lowest BCUT2D eigenvalue weighted by Gasteiger charge is -2.25. The number of ether oxygens (including phenoxy) is 1. The van der Waals surface area contributed by atoms with Gasteiger partial charge in [0.2, 0.25) is 0 Å². The van der Waals surface area contributed by atoms with Gasteiger partial charge in [0.1, 0.15) is 10.8 Å². The van der Waals surface area contributed by atoms with Gasteiger partial charge in [0.15, 0.2) is 23.0 Å². The molecule has 1 aromatic heterocycles. The van der Waals surface area contributed by atoms with Crippen LogP contribution in [0.1, 0.15) is 55.3 Å². The fourth-order valence-corrected chi connectivity index (χ4v) is 5.73. The van der Waals surface area contributed by atoms with Crippen LogP contribution in [0.4, 0.5) is 5.00 Å². The maximum absolute atomic E-state index is 12.9. The maximum Gasteiger partial charge on any atom is 0.350 e. The summed E-state index contributed by atoms with van der Waals surface area (Å²) >= 11 is 2.99. The summed E-state index contributed by atoms with van der Waals surface area (Å²) in [6, 6.07) is 13.9. The Hall–Kier alpha value is -2.39. The van der Waals surface area contributed by atoms with E-state index < -0.39 is 5.97 Å². The second-order valence-corrected chi connectivity index (χ2v) is 9.16. The third-order valence-corrected chi connectivity index (χ3v) is 7.37. The van der Waals surface area contributed by atoms with Gasteiger partial charge >= 0.3 is 5.97 Å². The molecule has 7 heteroatoms. The van der Waals surface area contributed by atoms with Gasteiger partial charge in [0.25, 0.3) is 5.91 Å². The standard InChI is InChI=1S/C24H20INO4S/c25-30-24(28)21-19(16-6-5-14-3-1-2-4-15(14)11-16)13-31-23(21)26-22(27)18-7-8-20-17(12-18)9-10-29-20/h1-4,7-8,12-13,16H,5-6,9-11H2,(H,26,27). The summed E-state index contributed by atoms with van der Waals surface area (Å²) in [4.78, 5) is 25.6. The zero-order chi connectivity index (χ0) is 21.4. The predicted octanol–water partition coefficient (Wildman–Crippen LogP) is 5.71. The maximum atomic E-state index is 12.9. The highest BCUT2D eigenvalue weighted by Crippen LogP contribution is 2.40. The van der Waals surface area contributed by atoms with Crippen molar-refractivity contribution in [1.82, 2.24) is 0 Å². The molecule has 0 bridgehead atoms. The number of anilines is 1. The van der Waals surface area contributed by atoms with Gasteiger partial charge < -0.3 is 13.1 Å². The van der Waals surface area contributed by atoms with Crippen molar-refractivity contribution in [3.8, 4) is 5.75 Å². The number of fused-ring (bicyclic) bond motifs is 2. The molecule has 1 unspecified atom stereocenters. The molecule has 1 atom stereocenters. The summed E-state index contributed by atoms with van der Waals surface area (Å²) in [5.74, 6) is 0.397. The highest BCUT2D eigenvalue weighted by Gasteiger charge is 2.29. The van der Waals surface area contributed by atoms with Crippen molar-refractivity contribution in [3.63, 3.8) is 0 Å². The molecule has 1 aliphatic heterocycles. The van der Waals surface area contributed by atoms with E-state index in [2.05, 4.69) is 29.6 Å². The lowest BCUT2D eigenvalue weighted by molar-refractivity contribution is 0.0800. The third-order valence-electron chi connectivity index (χ3n) is 6.06. The average molecular weight is 545 g/mol. The number of thiophene rings is 1. The number of nitrogens with one attached hydrogen (secondary N) is 1. The molecule has 5 nitrogen and oxygen atoms in total. The number of aryl methyl sites for hydroxylation is 1. The largest absolute Gasteiger partial charge is 0.493 e. The Morgan fingerprint density at radius 3 is 2.77 bits per heavy atom. The Kier molecular flexibility index (Phi) is 5.71. The second-order valence-electron chi connectivity index (χ2n) is 7.84. The number of benzene rings is 2. The molecule has 158 valence electrons. The second kappa shape index (κ2) is 8.63. The Morgan fingerprint density at radius 1 is 1.10 bits per heavy atom. The average Bonchev–Trinajstić information content (AvgIpc) is 3.44. The first-order chi connectivity index (χ1) is 15.1. The van der Waals surface area contributed by atoms with Crippen LogP contribution in [0.5, 0.6) is 5.75 Å². The quantitative estimate of drug-likeness (QED) is 0.427.